The second-order valence-corrected chi connectivity index (χ2v) is 6.92. The lowest BCUT2D eigenvalue weighted by Crippen LogP contribution is -2.31. The second-order valence-electron chi connectivity index (χ2n) is 6.92. The Morgan fingerprint density at radius 1 is 1.30 bits per heavy atom. The highest BCUT2D eigenvalue weighted by Crippen LogP contribution is 2.32. The van der Waals surface area contributed by atoms with Crippen LogP contribution in [0, 0.1) is 5.82 Å². The van der Waals surface area contributed by atoms with Crippen molar-refractivity contribution in [3.63, 3.8) is 0 Å². The molecule has 2 aliphatic rings. The third kappa shape index (κ3) is 3.22. The third-order valence-electron chi connectivity index (χ3n) is 4.88. The Kier molecular flexibility index (Phi) is 4.50. The van der Waals surface area contributed by atoms with E-state index < -0.39 is 24.3 Å². The molecule has 11 heteroatoms. The number of hydrogen-bond donors (Lipinski definition) is 1. The lowest BCUT2D eigenvalue weighted by molar-refractivity contribution is -0.389. The van der Waals surface area contributed by atoms with Gasteiger partial charge in [-0.2, -0.15) is 4.98 Å². The maximum Gasteiger partial charge on any atom is 0.414 e. The molecule has 2 aliphatic heterocycles. The topological polar surface area (TPSA) is 118 Å². The van der Waals surface area contributed by atoms with Crippen molar-refractivity contribution in [1.82, 2.24) is 14.7 Å². The number of anilines is 1. The van der Waals surface area contributed by atoms with Gasteiger partial charge < -0.3 is 29.0 Å². The van der Waals surface area contributed by atoms with Crippen LogP contribution in [0.4, 0.5) is 14.9 Å². The summed E-state index contributed by atoms with van der Waals surface area (Å²) in [5.74, 6) is 0.0533. The van der Waals surface area contributed by atoms with E-state index in [0.29, 0.717) is 22.8 Å². The number of amides is 1. The minimum Gasteiger partial charge on any atom is -0.443 e. The van der Waals surface area contributed by atoms with Gasteiger partial charge in [0.05, 0.1) is 17.9 Å². The minimum atomic E-state index is -0.663. The fourth-order valence-electron chi connectivity index (χ4n) is 3.33. The summed E-state index contributed by atoms with van der Waals surface area (Å²) < 4.78 is 37.3. The summed E-state index contributed by atoms with van der Waals surface area (Å²) in [6.07, 6.45) is 1.45. The van der Waals surface area contributed by atoms with Gasteiger partial charge in [-0.1, -0.05) is 5.16 Å². The first-order chi connectivity index (χ1) is 14.5. The van der Waals surface area contributed by atoms with Crippen LogP contribution < -0.4 is 10.6 Å². The monoisotopic (exact) mass is 415 g/mol. The normalized spacial score (nSPS) is 23.5. The molecule has 2 aromatic heterocycles. The van der Waals surface area contributed by atoms with E-state index in [0.717, 1.165) is 0 Å². The lowest BCUT2D eigenvalue weighted by atomic mass is 10.2. The first-order valence-electron chi connectivity index (χ1n) is 9.33. The van der Waals surface area contributed by atoms with Crippen LogP contribution in [0.2, 0.25) is 0 Å². The molecule has 0 bridgehead atoms. The molecule has 2 fully saturated rings. The van der Waals surface area contributed by atoms with Crippen LogP contribution in [0.5, 0.6) is 0 Å². The largest absolute Gasteiger partial charge is 0.443 e. The van der Waals surface area contributed by atoms with Gasteiger partial charge in [0, 0.05) is 24.5 Å². The summed E-state index contributed by atoms with van der Waals surface area (Å²) in [5, 5.41) is 3.91. The Morgan fingerprint density at radius 3 is 2.83 bits per heavy atom. The molecule has 0 spiro atoms. The van der Waals surface area contributed by atoms with Crippen LogP contribution in [-0.2, 0) is 14.2 Å². The van der Waals surface area contributed by atoms with E-state index in [2.05, 4.69) is 10.1 Å². The van der Waals surface area contributed by atoms with Crippen molar-refractivity contribution >= 4 is 11.8 Å². The Labute approximate surface area is 169 Å². The summed E-state index contributed by atoms with van der Waals surface area (Å²) in [6, 6.07) is 6.25. The van der Waals surface area contributed by atoms with Crippen molar-refractivity contribution in [2.24, 2.45) is 5.73 Å². The molecule has 0 saturated carbocycles. The molecule has 0 unspecified atom stereocenters. The van der Waals surface area contributed by atoms with Crippen LogP contribution in [0.25, 0.3) is 17.1 Å². The van der Waals surface area contributed by atoms with Crippen molar-refractivity contribution in [2.75, 3.05) is 18.0 Å². The Bertz CT molecular complexity index is 1090. The SMILES string of the molecule is CC1OC(c2nc(-c3ccn(-c4ccc(N5C[C@H](CN)OC5=O)cc4F)c3)no2)O1. The summed E-state index contributed by atoms with van der Waals surface area (Å²) in [6.45, 7) is 2.26. The number of benzene rings is 1. The maximum absolute atomic E-state index is 14.8. The number of cyclic esters (lactones) is 1. The first kappa shape index (κ1) is 18.7. The molecule has 5 rings (SSSR count). The highest BCUT2D eigenvalue weighted by molar-refractivity contribution is 5.89. The molecule has 156 valence electrons. The fourth-order valence-corrected chi connectivity index (χ4v) is 3.33. The molecule has 4 heterocycles. The molecule has 3 aromatic rings. The highest BCUT2D eigenvalue weighted by atomic mass is 19.1. The van der Waals surface area contributed by atoms with Crippen LogP contribution >= 0.6 is 0 Å². The van der Waals surface area contributed by atoms with E-state index >= 15 is 0 Å². The van der Waals surface area contributed by atoms with Gasteiger partial charge in [-0.05, 0) is 31.2 Å². The quantitative estimate of drug-likeness (QED) is 0.675. The Hall–Kier alpha value is -3.28. The van der Waals surface area contributed by atoms with Crippen LogP contribution in [0.15, 0.2) is 41.2 Å². The Balaban J connectivity index is 1.35. The van der Waals surface area contributed by atoms with Gasteiger partial charge in [0.25, 0.3) is 5.89 Å². The summed E-state index contributed by atoms with van der Waals surface area (Å²) in [4.78, 5) is 17.6. The lowest BCUT2D eigenvalue weighted by Gasteiger charge is -2.30. The first-order valence-corrected chi connectivity index (χ1v) is 9.33. The Morgan fingerprint density at radius 2 is 2.13 bits per heavy atom. The molecule has 30 heavy (non-hydrogen) atoms. The second kappa shape index (κ2) is 7.20. The number of ether oxygens (including phenoxy) is 3. The summed E-state index contributed by atoms with van der Waals surface area (Å²) in [7, 11) is 0. The van der Waals surface area contributed by atoms with Gasteiger partial charge in [0.1, 0.15) is 11.9 Å². The van der Waals surface area contributed by atoms with E-state index in [4.69, 9.17) is 24.5 Å². The predicted octanol–water partition coefficient (Wildman–Crippen LogP) is 2.34. The number of carbonyl (C=O) groups is 1. The van der Waals surface area contributed by atoms with Crippen molar-refractivity contribution in [3.8, 4) is 17.1 Å². The molecular formula is C19H18FN5O5. The molecule has 10 nitrogen and oxygen atoms in total. The molecule has 0 aliphatic carbocycles. The zero-order valence-electron chi connectivity index (χ0n) is 15.9. The van der Waals surface area contributed by atoms with Crippen molar-refractivity contribution in [2.45, 2.75) is 25.6 Å². The molecule has 1 amide bonds. The molecule has 2 N–H and O–H groups in total. The average Bonchev–Trinajstić information content (AvgIpc) is 3.44. The molecule has 0 radical (unpaired) electrons. The predicted molar refractivity (Wildman–Crippen MR) is 100 cm³/mol. The maximum atomic E-state index is 14.8. The number of aromatic nitrogens is 3. The zero-order valence-corrected chi connectivity index (χ0v) is 15.9. The van der Waals surface area contributed by atoms with E-state index in [1.165, 1.54) is 11.0 Å². The average molecular weight is 415 g/mol. The van der Waals surface area contributed by atoms with Gasteiger partial charge in [0.2, 0.25) is 12.1 Å². The van der Waals surface area contributed by atoms with Crippen LogP contribution in [-0.4, -0.2) is 46.3 Å². The number of nitrogens with two attached hydrogens (primary N) is 1. The number of halogens is 1. The molecular weight excluding hydrogens is 397 g/mol. The third-order valence-corrected chi connectivity index (χ3v) is 4.88. The van der Waals surface area contributed by atoms with Gasteiger partial charge in [-0.3, -0.25) is 4.90 Å². The van der Waals surface area contributed by atoms with E-state index in [1.807, 2.05) is 0 Å². The van der Waals surface area contributed by atoms with Crippen molar-refractivity contribution in [3.05, 3.63) is 48.4 Å². The van der Waals surface area contributed by atoms with Gasteiger partial charge in [0.15, 0.2) is 6.29 Å². The number of carbonyl (C=O) groups excluding carboxylic acids is 1. The molecule has 1 aromatic carbocycles. The van der Waals surface area contributed by atoms with E-state index in [-0.39, 0.29) is 25.3 Å². The minimum absolute atomic E-state index is 0.213. The number of rotatable bonds is 5. The number of nitrogens with zero attached hydrogens (tertiary/aromatic N) is 4. The van der Waals surface area contributed by atoms with Crippen LogP contribution in [0.1, 0.15) is 19.1 Å². The van der Waals surface area contributed by atoms with Crippen molar-refractivity contribution < 1.29 is 27.9 Å². The van der Waals surface area contributed by atoms with Crippen LogP contribution in [0.3, 0.4) is 0 Å². The smallest absolute Gasteiger partial charge is 0.414 e. The van der Waals surface area contributed by atoms with Gasteiger partial charge >= 0.3 is 6.09 Å². The fraction of sp³-hybridized carbons (Fsp3) is 0.316. The highest BCUT2D eigenvalue weighted by Gasteiger charge is 2.34. The zero-order chi connectivity index (χ0) is 20.8. The van der Waals surface area contributed by atoms with Crippen molar-refractivity contribution in [1.29, 1.82) is 0 Å². The summed E-state index contributed by atoms with van der Waals surface area (Å²) >= 11 is 0. The number of hydrogen-bond acceptors (Lipinski definition) is 8. The van der Waals surface area contributed by atoms with Gasteiger partial charge in [-0.15, -0.1) is 0 Å². The van der Waals surface area contributed by atoms with Gasteiger partial charge in [-0.25, -0.2) is 9.18 Å². The molecule has 1 atom stereocenters. The summed E-state index contributed by atoms with van der Waals surface area (Å²) in [5.41, 5.74) is 6.88. The molecule has 2 saturated heterocycles. The van der Waals surface area contributed by atoms with E-state index in [9.17, 15) is 9.18 Å². The van der Waals surface area contributed by atoms with E-state index in [1.54, 1.807) is 42.1 Å². The standard InChI is InChI=1S/C19H18FN5O5/c1-10-27-18(28-10)17-22-16(23-30-17)11-4-5-24(8-11)15-3-2-12(6-14(15)20)25-9-13(7-21)29-19(25)26/h2-6,8,10,13,18H,7,9,21H2,1H3/t10?,13-,18?/m0/s1.